The summed E-state index contributed by atoms with van der Waals surface area (Å²) in [7, 11) is 0. The highest BCUT2D eigenvalue weighted by atomic mass is 16.7. The number of nitrogens with one attached hydrogen (secondary N) is 2. The van der Waals surface area contributed by atoms with Crippen molar-refractivity contribution in [2.24, 2.45) is 0 Å². The summed E-state index contributed by atoms with van der Waals surface area (Å²) in [5.74, 6) is 1.43. The van der Waals surface area contributed by atoms with Crippen molar-refractivity contribution < 1.29 is 19.4 Å². The van der Waals surface area contributed by atoms with E-state index in [9.17, 15) is 9.90 Å². The summed E-state index contributed by atoms with van der Waals surface area (Å²) in [6.07, 6.45) is 0. The normalized spacial score (nSPS) is 12.0. The molecule has 0 saturated heterocycles. The Morgan fingerprint density at radius 1 is 1.10 bits per heavy atom. The van der Waals surface area contributed by atoms with Gasteiger partial charge in [0.1, 0.15) is 5.75 Å². The first kappa shape index (κ1) is 13.1. The second-order valence-electron chi connectivity index (χ2n) is 4.65. The Hall–Kier alpha value is -2.89. The predicted molar refractivity (Wildman–Crippen MR) is 78.1 cm³/mol. The van der Waals surface area contributed by atoms with Crippen LogP contribution in [0.4, 0.5) is 16.2 Å². The summed E-state index contributed by atoms with van der Waals surface area (Å²) in [4.78, 5) is 12.0. The Morgan fingerprint density at radius 2 is 1.90 bits per heavy atom. The van der Waals surface area contributed by atoms with E-state index in [1.807, 2.05) is 0 Å². The Morgan fingerprint density at radius 3 is 2.71 bits per heavy atom. The van der Waals surface area contributed by atoms with Crippen LogP contribution >= 0.6 is 0 Å². The lowest BCUT2D eigenvalue weighted by Gasteiger charge is -2.10. The van der Waals surface area contributed by atoms with E-state index >= 15 is 0 Å². The second kappa shape index (κ2) is 5.24. The molecule has 0 fully saturated rings. The maximum Gasteiger partial charge on any atom is 0.323 e. The van der Waals surface area contributed by atoms with E-state index in [1.165, 1.54) is 6.07 Å². The maximum absolute atomic E-state index is 12.0. The molecule has 0 bridgehead atoms. The van der Waals surface area contributed by atoms with Gasteiger partial charge in [-0.3, -0.25) is 0 Å². The van der Waals surface area contributed by atoms with Crippen LogP contribution in [-0.4, -0.2) is 17.9 Å². The Balaban J connectivity index is 1.69. The van der Waals surface area contributed by atoms with E-state index in [0.717, 1.165) is 5.56 Å². The van der Waals surface area contributed by atoms with Gasteiger partial charge in [-0.25, -0.2) is 4.79 Å². The van der Waals surface area contributed by atoms with E-state index < -0.39 is 0 Å². The Bertz CT molecular complexity index is 700. The molecule has 1 heterocycles. The van der Waals surface area contributed by atoms with Crippen molar-refractivity contribution in [3.63, 3.8) is 0 Å². The Kier molecular flexibility index (Phi) is 3.27. The number of anilines is 2. The molecule has 2 aromatic rings. The van der Waals surface area contributed by atoms with Crippen LogP contribution < -0.4 is 20.1 Å². The first-order valence-electron chi connectivity index (χ1n) is 6.39. The zero-order chi connectivity index (χ0) is 14.8. The molecule has 21 heavy (non-hydrogen) atoms. The molecule has 0 spiro atoms. The number of aromatic hydroxyl groups is 1. The number of hydrogen-bond acceptors (Lipinski definition) is 4. The SMILES string of the molecule is Cc1cc(O)ccc1NC(=O)Nc1ccc2c(c1)OCO2. The van der Waals surface area contributed by atoms with Crippen LogP contribution in [0.25, 0.3) is 0 Å². The van der Waals surface area contributed by atoms with Gasteiger partial charge in [-0.05, 0) is 42.8 Å². The number of carbonyl (C=O) groups is 1. The quantitative estimate of drug-likeness (QED) is 0.741. The number of aryl methyl sites for hydroxylation is 1. The summed E-state index contributed by atoms with van der Waals surface area (Å²) < 4.78 is 10.5. The fraction of sp³-hybridized carbons (Fsp3) is 0.133. The van der Waals surface area contributed by atoms with E-state index in [-0.39, 0.29) is 18.6 Å². The molecule has 0 aromatic heterocycles. The van der Waals surface area contributed by atoms with Crippen molar-refractivity contribution in [3.05, 3.63) is 42.0 Å². The molecule has 2 amide bonds. The molecule has 0 unspecified atom stereocenters. The molecule has 1 aliphatic rings. The third-order valence-electron chi connectivity index (χ3n) is 3.09. The number of rotatable bonds is 2. The largest absolute Gasteiger partial charge is 0.508 e. The van der Waals surface area contributed by atoms with Gasteiger partial charge >= 0.3 is 6.03 Å². The van der Waals surface area contributed by atoms with Gasteiger partial charge in [0.2, 0.25) is 6.79 Å². The lowest BCUT2D eigenvalue weighted by Crippen LogP contribution is -2.19. The molecule has 0 saturated carbocycles. The molecule has 108 valence electrons. The number of carbonyl (C=O) groups excluding carboxylic acids is 1. The lowest BCUT2D eigenvalue weighted by molar-refractivity contribution is 0.174. The summed E-state index contributed by atoms with van der Waals surface area (Å²) in [5.41, 5.74) is 2.01. The summed E-state index contributed by atoms with van der Waals surface area (Å²) in [6.45, 7) is 1.99. The van der Waals surface area contributed by atoms with Crippen molar-refractivity contribution in [2.75, 3.05) is 17.4 Å². The van der Waals surface area contributed by atoms with Gasteiger partial charge < -0.3 is 25.2 Å². The van der Waals surface area contributed by atoms with Crippen molar-refractivity contribution in [2.45, 2.75) is 6.92 Å². The van der Waals surface area contributed by atoms with Crippen molar-refractivity contribution in [1.29, 1.82) is 0 Å². The number of benzene rings is 2. The highest BCUT2D eigenvalue weighted by molar-refractivity contribution is 6.00. The molecule has 0 aliphatic carbocycles. The summed E-state index contributed by atoms with van der Waals surface area (Å²) in [6, 6.07) is 9.54. The third kappa shape index (κ3) is 2.84. The average molecular weight is 286 g/mol. The fourth-order valence-electron chi connectivity index (χ4n) is 2.05. The average Bonchev–Trinajstić information content (AvgIpc) is 2.89. The van der Waals surface area contributed by atoms with Crippen LogP contribution in [0, 0.1) is 6.92 Å². The van der Waals surface area contributed by atoms with Gasteiger partial charge in [-0.15, -0.1) is 0 Å². The maximum atomic E-state index is 12.0. The zero-order valence-electron chi connectivity index (χ0n) is 11.3. The van der Waals surface area contributed by atoms with E-state index in [0.29, 0.717) is 22.9 Å². The molecular weight excluding hydrogens is 272 g/mol. The van der Waals surface area contributed by atoms with Gasteiger partial charge in [0.05, 0.1) is 0 Å². The number of phenols is 1. The molecule has 3 rings (SSSR count). The van der Waals surface area contributed by atoms with Crippen molar-refractivity contribution in [1.82, 2.24) is 0 Å². The van der Waals surface area contributed by atoms with Crippen LogP contribution in [0.15, 0.2) is 36.4 Å². The second-order valence-corrected chi connectivity index (χ2v) is 4.65. The molecule has 0 radical (unpaired) electrons. The van der Waals surface area contributed by atoms with Gasteiger partial charge in [-0.2, -0.15) is 0 Å². The van der Waals surface area contributed by atoms with E-state index in [1.54, 1.807) is 37.3 Å². The topological polar surface area (TPSA) is 79.8 Å². The predicted octanol–water partition coefficient (Wildman–Crippen LogP) is 3.07. The molecule has 1 aliphatic heterocycles. The molecule has 6 nitrogen and oxygen atoms in total. The number of ether oxygens (including phenoxy) is 2. The number of fused-ring (bicyclic) bond motifs is 1. The number of amides is 2. The lowest BCUT2D eigenvalue weighted by atomic mass is 10.2. The summed E-state index contributed by atoms with van der Waals surface area (Å²) >= 11 is 0. The third-order valence-corrected chi connectivity index (χ3v) is 3.09. The zero-order valence-corrected chi connectivity index (χ0v) is 11.3. The van der Waals surface area contributed by atoms with Gasteiger partial charge in [0, 0.05) is 17.4 Å². The van der Waals surface area contributed by atoms with Crippen LogP contribution in [0.3, 0.4) is 0 Å². The minimum Gasteiger partial charge on any atom is -0.508 e. The number of phenolic OH excluding ortho intramolecular Hbond substituents is 1. The highest BCUT2D eigenvalue weighted by Gasteiger charge is 2.14. The molecule has 3 N–H and O–H groups in total. The first-order valence-corrected chi connectivity index (χ1v) is 6.39. The van der Waals surface area contributed by atoms with Crippen molar-refractivity contribution in [3.8, 4) is 17.2 Å². The molecule has 0 atom stereocenters. The standard InChI is InChI=1S/C15H14N2O4/c1-9-6-11(18)3-4-12(9)17-15(19)16-10-2-5-13-14(7-10)21-8-20-13/h2-7,18H,8H2,1H3,(H2,16,17,19). The smallest absolute Gasteiger partial charge is 0.323 e. The van der Waals surface area contributed by atoms with E-state index in [4.69, 9.17) is 9.47 Å². The number of urea groups is 1. The van der Waals surface area contributed by atoms with Gasteiger partial charge in [0.25, 0.3) is 0 Å². The van der Waals surface area contributed by atoms with Crippen LogP contribution in [0.1, 0.15) is 5.56 Å². The molecule has 6 heteroatoms. The highest BCUT2D eigenvalue weighted by Crippen LogP contribution is 2.34. The van der Waals surface area contributed by atoms with Crippen LogP contribution in [0.5, 0.6) is 17.2 Å². The van der Waals surface area contributed by atoms with Gasteiger partial charge in [0.15, 0.2) is 11.5 Å². The number of hydrogen-bond donors (Lipinski definition) is 3. The molecule has 2 aromatic carbocycles. The van der Waals surface area contributed by atoms with Crippen LogP contribution in [-0.2, 0) is 0 Å². The van der Waals surface area contributed by atoms with E-state index in [2.05, 4.69) is 10.6 Å². The van der Waals surface area contributed by atoms with Crippen molar-refractivity contribution >= 4 is 17.4 Å². The monoisotopic (exact) mass is 286 g/mol. The fourth-order valence-corrected chi connectivity index (χ4v) is 2.05. The van der Waals surface area contributed by atoms with Gasteiger partial charge in [-0.1, -0.05) is 0 Å². The minimum atomic E-state index is -0.373. The summed E-state index contributed by atoms with van der Waals surface area (Å²) in [5, 5.41) is 14.8. The Labute approximate surface area is 121 Å². The first-order chi connectivity index (χ1) is 10.1. The minimum absolute atomic E-state index is 0.161. The molecular formula is C15H14N2O4. The van der Waals surface area contributed by atoms with Crippen LogP contribution in [0.2, 0.25) is 0 Å².